The minimum Gasteiger partial charge on any atom is -0.352 e. The number of carbonyl (C=O) groups excluding carboxylic acids is 2. The van der Waals surface area contributed by atoms with E-state index in [0.29, 0.717) is 17.0 Å². The third-order valence-corrected chi connectivity index (χ3v) is 7.18. The van der Waals surface area contributed by atoms with Crippen molar-refractivity contribution >= 4 is 50.7 Å². The molecule has 0 aliphatic heterocycles. The SMILES string of the molecule is CC[C@@H](C)NC(=O)[C@@H](CC)N(Cc1ccc(F)cc1)C(=O)CN(c1ccc(Cl)cc1Cl)S(C)(=O)=O. The zero-order valence-electron chi connectivity index (χ0n) is 20.1. The van der Waals surface area contributed by atoms with E-state index in [1.807, 2.05) is 13.8 Å². The van der Waals surface area contributed by atoms with Crippen molar-refractivity contribution in [1.29, 1.82) is 0 Å². The highest BCUT2D eigenvalue weighted by Gasteiger charge is 2.32. The maximum Gasteiger partial charge on any atom is 0.244 e. The average Bonchev–Trinajstić information content (AvgIpc) is 2.78. The number of rotatable bonds is 11. The van der Waals surface area contributed by atoms with E-state index in [0.717, 1.165) is 10.6 Å². The monoisotopic (exact) mass is 545 g/mol. The number of nitrogens with zero attached hydrogens (tertiary/aromatic N) is 2. The molecular weight excluding hydrogens is 516 g/mol. The number of nitrogens with one attached hydrogen (secondary N) is 1. The molecule has 0 radical (unpaired) electrons. The lowest BCUT2D eigenvalue weighted by molar-refractivity contribution is -0.140. The number of benzene rings is 2. The van der Waals surface area contributed by atoms with E-state index in [9.17, 15) is 22.4 Å². The smallest absolute Gasteiger partial charge is 0.244 e. The molecule has 0 saturated carbocycles. The molecule has 0 fully saturated rings. The molecule has 0 aliphatic carbocycles. The van der Waals surface area contributed by atoms with Crippen molar-refractivity contribution in [3.63, 3.8) is 0 Å². The Balaban J connectivity index is 2.46. The molecule has 2 atom stereocenters. The van der Waals surface area contributed by atoms with Gasteiger partial charge in [0, 0.05) is 17.6 Å². The lowest BCUT2D eigenvalue weighted by Gasteiger charge is -2.33. The highest BCUT2D eigenvalue weighted by Crippen LogP contribution is 2.30. The number of amides is 2. The van der Waals surface area contributed by atoms with Crippen LogP contribution in [0.25, 0.3) is 0 Å². The van der Waals surface area contributed by atoms with E-state index in [1.54, 1.807) is 6.92 Å². The second-order valence-corrected chi connectivity index (χ2v) is 11.0. The third kappa shape index (κ3) is 8.08. The Morgan fingerprint density at radius 3 is 2.20 bits per heavy atom. The van der Waals surface area contributed by atoms with Gasteiger partial charge in [-0.3, -0.25) is 13.9 Å². The van der Waals surface area contributed by atoms with Crippen LogP contribution in [-0.4, -0.2) is 50.0 Å². The average molecular weight is 546 g/mol. The van der Waals surface area contributed by atoms with Crippen LogP contribution in [0.4, 0.5) is 10.1 Å². The van der Waals surface area contributed by atoms with Crippen molar-refractivity contribution in [2.75, 3.05) is 17.1 Å². The fourth-order valence-corrected chi connectivity index (χ4v) is 4.85. The molecular formula is C24H30Cl2FN3O4S. The number of sulfonamides is 1. The molecule has 2 rings (SSSR count). The Hall–Kier alpha value is -2.36. The van der Waals surface area contributed by atoms with Crippen molar-refractivity contribution in [1.82, 2.24) is 10.2 Å². The standard InChI is InChI=1S/C24H30Cl2FN3O4S/c1-5-16(3)28-24(32)21(6-2)29(14-17-7-10-19(27)11-8-17)23(31)15-30(35(4,33)34)22-12-9-18(25)13-20(22)26/h7-13,16,21H,5-6,14-15H2,1-4H3,(H,28,32)/t16-,21-/m1/s1. The topological polar surface area (TPSA) is 86.8 Å². The minimum absolute atomic E-state index is 0.0164. The molecule has 2 amide bonds. The number of hydrogen-bond acceptors (Lipinski definition) is 4. The molecule has 11 heteroatoms. The van der Waals surface area contributed by atoms with Crippen LogP contribution in [0.5, 0.6) is 0 Å². The number of carbonyl (C=O) groups is 2. The van der Waals surface area contributed by atoms with E-state index < -0.39 is 34.3 Å². The summed E-state index contributed by atoms with van der Waals surface area (Å²) in [5.74, 6) is -1.40. The van der Waals surface area contributed by atoms with E-state index in [1.165, 1.54) is 47.4 Å². The molecule has 192 valence electrons. The number of hydrogen-bond donors (Lipinski definition) is 1. The number of anilines is 1. The van der Waals surface area contributed by atoms with Gasteiger partial charge in [-0.1, -0.05) is 49.2 Å². The highest BCUT2D eigenvalue weighted by atomic mass is 35.5. The molecule has 0 heterocycles. The third-order valence-electron chi connectivity index (χ3n) is 5.51. The molecule has 1 N–H and O–H groups in total. The first-order valence-electron chi connectivity index (χ1n) is 11.1. The van der Waals surface area contributed by atoms with Crippen LogP contribution in [0.2, 0.25) is 10.0 Å². The summed E-state index contributed by atoms with van der Waals surface area (Å²) < 4.78 is 39.6. The summed E-state index contributed by atoms with van der Waals surface area (Å²) in [4.78, 5) is 27.9. The lowest BCUT2D eigenvalue weighted by atomic mass is 10.1. The second-order valence-electron chi connectivity index (χ2n) is 8.26. The minimum atomic E-state index is -3.93. The fraction of sp³-hybridized carbons (Fsp3) is 0.417. The van der Waals surface area contributed by atoms with Crippen LogP contribution in [0.1, 0.15) is 39.2 Å². The van der Waals surface area contributed by atoms with Crippen LogP contribution in [-0.2, 0) is 26.2 Å². The number of halogens is 3. The summed E-state index contributed by atoms with van der Waals surface area (Å²) in [7, 11) is -3.93. The first kappa shape index (κ1) is 28.9. The van der Waals surface area contributed by atoms with E-state index in [4.69, 9.17) is 23.2 Å². The summed E-state index contributed by atoms with van der Waals surface area (Å²) in [6.07, 6.45) is 1.95. The molecule has 0 aromatic heterocycles. The fourth-order valence-electron chi connectivity index (χ4n) is 3.43. The molecule has 35 heavy (non-hydrogen) atoms. The summed E-state index contributed by atoms with van der Waals surface area (Å²) in [6.45, 7) is 4.93. The maximum atomic E-state index is 13.6. The first-order valence-corrected chi connectivity index (χ1v) is 13.7. The Labute approximate surface area is 216 Å². The van der Waals surface area contributed by atoms with Crippen molar-refractivity contribution in [2.45, 2.75) is 52.2 Å². The van der Waals surface area contributed by atoms with Crippen molar-refractivity contribution in [3.05, 3.63) is 63.9 Å². The van der Waals surface area contributed by atoms with Gasteiger partial charge in [-0.05, 0) is 55.7 Å². The van der Waals surface area contributed by atoms with Gasteiger partial charge in [-0.15, -0.1) is 0 Å². The summed E-state index contributed by atoms with van der Waals surface area (Å²) in [5, 5.41) is 3.25. The molecule has 0 bridgehead atoms. The molecule has 7 nitrogen and oxygen atoms in total. The van der Waals surface area contributed by atoms with Gasteiger partial charge in [0.25, 0.3) is 0 Å². The van der Waals surface area contributed by atoms with Gasteiger partial charge in [-0.25, -0.2) is 12.8 Å². The Morgan fingerprint density at radius 1 is 1.06 bits per heavy atom. The van der Waals surface area contributed by atoms with E-state index in [2.05, 4.69) is 5.32 Å². The van der Waals surface area contributed by atoms with Crippen LogP contribution in [0.15, 0.2) is 42.5 Å². The predicted molar refractivity (Wildman–Crippen MR) is 138 cm³/mol. The van der Waals surface area contributed by atoms with Crippen LogP contribution in [0.3, 0.4) is 0 Å². The van der Waals surface area contributed by atoms with Gasteiger partial charge >= 0.3 is 0 Å². The Morgan fingerprint density at radius 2 is 1.69 bits per heavy atom. The van der Waals surface area contributed by atoms with Crippen LogP contribution in [0, 0.1) is 5.82 Å². The van der Waals surface area contributed by atoms with Crippen LogP contribution < -0.4 is 9.62 Å². The van der Waals surface area contributed by atoms with Crippen LogP contribution >= 0.6 is 23.2 Å². The largest absolute Gasteiger partial charge is 0.352 e. The van der Waals surface area contributed by atoms with E-state index in [-0.39, 0.29) is 35.6 Å². The van der Waals surface area contributed by atoms with Gasteiger partial charge in [-0.2, -0.15) is 0 Å². The van der Waals surface area contributed by atoms with Gasteiger partial charge in [0.15, 0.2) is 0 Å². The van der Waals surface area contributed by atoms with Crippen molar-refractivity contribution in [3.8, 4) is 0 Å². The normalized spacial score (nSPS) is 13.1. The lowest BCUT2D eigenvalue weighted by Crippen LogP contribution is -2.53. The first-order chi connectivity index (χ1) is 16.4. The molecule has 2 aromatic rings. The van der Waals surface area contributed by atoms with Gasteiger partial charge in [0.1, 0.15) is 18.4 Å². The summed E-state index contributed by atoms with van der Waals surface area (Å²) in [5.41, 5.74) is 0.677. The molecule has 0 saturated heterocycles. The van der Waals surface area contributed by atoms with Gasteiger partial charge in [0.05, 0.1) is 17.0 Å². The zero-order valence-corrected chi connectivity index (χ0v) is 22.4. The summed E-state index contributed by atoms with van der Waals surface area (Å²) in [6, 6.07) is 8.82. The highest BCUT2D eigenvalue weighted by molar-refractivity contribution is 7.92. The van der Waals surface area contributed by atoms with E-state index >= 15 is 0 Å². The quantitative estimate of drug-likeness (QED) is 0.446. The Bertz CT molecular complexity index is 1150. The summed E-state index contributed by atoms with van der Waals surface area (Å²) >= 11 is 12.2. The second kappa shape index (κ2) is 12.6. The zero-order chi connectivity index (χ0) is 26.3. The van der Waals surface area contributed by atoms with Gasteiger partial charge in [0.2, 0.25) is 21.8 Å². The van der Waals surface area contributed by atoms with Gasteiger partial charge < -0.3 is 10.2 Å². The van der Waals surface area contributed by atoms with Crippen molar-refractivity contribution < 1.29 is 22.4 Å². The molecule has 2 aromatic carbocycles. The maximum absolute atomic E-state index is 13.6. The van der Waals surface area contributed by atoms with Crippen molar-refractivity contribution in [2.24, 2.45) is 0 Å². The molecule has 0 aliphatic rings. The Kier molecular flexibility index (Phi) is 10.4. The molecule has 0 spiro atoms. The molecule has 0 unspecified atom stereocenters. The predicted octanol–water partition coefficient (Wildman–Crippen LogP) is 4.62.